The number of nitrogens with one attached hydrogen (secondary N) is 1. The molecule has 2 aliphatic rings. The summed E-state index contributed by atoms with van der Waals surface area (Å²) in [4.78, 5) is 33.7. The summed E-state index contributed by atoms with van der Waals surface area (Å²) in [6.07, 6.45) is 7.13. The fourth-order valence-corrected chi connectivity index (χ4v) is 4.07. The van der Waals surface area contributed by atoms with Gasteiger partial charge >= 0.3 is 0 Å². The van der Waals surface area contributed by atoms with Crippen LogP contribution in [0.2, 0.25) is 0 Å². The number of benzene rings is 1. The van der Waals surface area contributed by atoms with Gasteiger partial charge in [0.15, 0.2) is 0 Å². The molecule has 0 unspecified atom stereocenters. The molecule has 1 aromatic heterocycles. The first kappa shape index (κ1) is 17.8. The average Bonchev–Trinajstić information content (AvgIpc) is 3.00. The molecule has 1 amide bonds. The minimum Gasteiger partial charge on any atom is -0.351 e. The molecule has 140 valence electrons. The van der Waals surface area contributed by atoms with Crippen LogP contribution in [0.25, 0.3) is 0 Å². The average molecular weight is 432 g/mol. The second-order valence-electron chi connectivity index (χ2n) is 6.92. The molecule has 0 spiro atoms. The Hall–Kier alpha value is -2.55. The van der Waals surface area contributed by atoms with Crippen molar-refractivity contribution < 1.29 is 9.72 Å². The van der Waals surface area contributed by atoms with E-state index in [-0.39, 0.29) is 23.7 Å². The third-order valence-electron chi connectivity index (χ3n) is 5.18. The fraction of sp³-hybridized carbons (Fsp3) is 0.389. The number of non-ortho nitro benzene ring substituents is 1. The van der Waals surface area contributed by atoms with Crippen LogP contribution in [-0.2, 0) is 6.54 Å². The first-order chi connectivity index (χ1) is 13.0. The van der Waals surface area contributed by atoms with Crippen molar-refractivity contribution in [3.63, 3.8) is 0 Å². The highest BCUT2D eigenvalue weighted by Crippen LogP contribution is 2.33. The molecule has 1 fully saturated rings. The van der Waals surface area contributed by atoms with E-state index in [0.717, 1.165) is 35.7 Å². The maximum absolute atomic E-state index is 12.8. The molecule has 1 N–H and O–H groups in total. The van der Waals surface area contributed by atoms with Gasteiger partial charge in [0.2, 0.25) is 5.95 Å². The summed E-state index contributed by atoms with van der Waals surface area (Å²) >= 11 is 3.32. The third-order valence-corrected chi connectivity index (χ3v) is 5.59. The minimum absolute atomic E-state index is 0.0421. The van der Waals surface area contributed by atoms with Crippen LogP contribution in [0.3, 0.4) is 0 Å². The number of anilines is 1. The molecular weight excluding hydrogens is 414 g/mol. The van der Waals surface area contributed by atoms with Crippen molar-refractivity contribution >= 4 is 33.5 Å². The lowest BCUT2D eigenvalue weighted by Gasteiger charge is -2.35. The molecule has 1 saturated carbocycles. The first-order valence-corrected chi connectivity index (χ1v) is 9.63. The van der Waals surface area contributed by atoms with E-state index in [2.05, 4.69) is 31.2 Å². The molecule has 8 nitrogen and oxygen atoms in total. The van der Waals surface area contributed by atoms with Crippen molar-refractivity contribution in [3.8, 4) is 0 Å². The van der Waals surface area contributed by atoms with Crippen LogP contribution in [0.4, 0.5) is 11.6 Å². The number of aromatic nitrogens is 2. The van der Waals surface area contributed by atoms with Gasteiger partial charge in [0.05, 0.1) is 15.0 Å². The van der Waals surface area contributed by atoms with Crippen LogP contribution in [0, 0.1) is 10.1 Å². The van der Waals surface area contributed by atoms with Gasteiger partial charge in [0, 0.05) is 43.2 Å². The predicted octanol–water partition coefficient (Wildman–Crippen LogP) is 3.53. The maximum atomic E-state index is 12.8. The van der Waals surface area contributed by atoms with E-state index >= 15 is 0 Å². The summed E-state index contributed by atoms with van der Waals surface area (Å²) in [5, 5.41) is 14.3. The van der Waals surface area contributed by atoms with Crippen LogP contribution in [0.5, 0.6) is 0 Å². The SMILES string of the molecule is O=C1c2cc([N+](=O)[O-])ccc2CN1[C@H]1CCC[C@@H](Nc2ncc(Br)cn2)C1. The van der Waals surface area contributed by atoms with E-state index in [4.69, 9.17) is 0 Å². The number of fused-ring (bicyclic) bond motifs is 1. The van der Waals surface area contributed by atoms with E-state index in [1.807, 2.05) is 4.90 Å². The Morgan fingerprint density at radius 2 is 2.04 bits per heavy atom. The number of nitro groups is 1. The van der Waals surface area contributed by atoms with Crippen molar-refractivity contribution in [1.29, 1.82) is 0 Å². The molecule has 0 bridgehead atoms. The number of hydrogen-bond acceptors (Lipinski definition) is 6. The van der Waals surface area contributed by atoms with Crippen molar-refractivity contribution in [2.45, 2.75) is 44.3 Å². The quantitative estimate of drug-likeness (QED) is 0.586. The highest BCUT2D eigenvalue weighted by Gasteiger charge is 2.36. The van der Waals surface area contributed by atoms with Crippen molar-refractivity contribution in [2.75, 3.05) is 5.32 Å². The van der Waals surface area contributed by atoms with Gasteiger partial charge in [-0.1, -0.05) is 0 Å². The van der Waals surface area contributed by atoms with E-state index in [0.29, 0.717) is 18.1 Å². The number of halogens is 1. The molecule has 0 radical (unpaired) electrons. The molecule has 0 saturated heterocycles. The molecule has 27 heavy (non-hydrogen) atoms. The highest BCUT2D eigenvalue weighted by atomic mass is 79.9. The molecule has 2 aromatic rings. The van der Waals surface area contributed by atoms with Crippen LogP contribution < -0.4 is 5.32 Å². The zero-order valence-corrected chi connectivity index (χ0v) is 16.1. The van der Waals surface area contributed by atoms with Crippen molar-refractivity contribution in [3.05, 3.63) is 56.3 Å². The minimum atomic E-state index is -0.463. The number of nitrogens with zero attached hydrogens (tertiary/aromatic N) is 4. The Labute approximate surface area is 164 Å². The predicted molar refractivity (Wildman–Crippen MR) is 102 cm³/mol. The van der Waals surface area contributed by atoms with Crippen molar-refractivity contribution in [1.82, 2.24) is 14.9 Å². The molecule has 1 aromatic carbocycles. The lowest BCUT2D eigenvalue weighted by Crippen LogP contribution is -2.42. The molecule has 2 heterocycles. The summed E-state index contributed by atoms with van der Waals surface area (Å²) in [5.74, 6) is 0.467. The second-order valence-corrected chi connectivity index (χ2v) is 7.83. The number of amides is 1. The van der Waals surface area contributed by atoms with E-state index < -0.39 is 4.92 Å². The van der Waals surface area contributed by atoms with Gasteiger partial charge in [0.25, 0.3) is 11.6 Å². The fourth-order valence-electron chi connectivity index (χ4n) is 3.87. The summed E-state index contributed by atoms with van der Waals surface area (Å²) in [5.41, 5.74) is 1.27. The van der Waals surface area contributed by atoms with E-state index in [1.165, 1.54) is 12.1 Å². The third kappa shape index (κ3) is 3.64. The van der Waals surface area contributed by atoms with Gasteiger partial charge in [-0.2, -0.15) is 0 Å². The Morgan fingerprint density at radius 3 is 2.78 bits per heavy atom. The smallest absolute Gasteiger partial charge is 0.270 e. The topological polar surface area (TPSA) is 101 Å². The maximum Gasteiger partial charge on any atom is 0.270 e. The molecular formula is C18H18BrN5O3. The highest BCUT2D eigenvalue weighted by molar-refractivity contribution is 9.10. The van der Waals surface area contributed by atoms with Crippen LogP contribution in [0.15, 0.2) is 35.1 Å². The van der Waals surface area contributed by atoms with Crippen LogP contribution >= 0.6 is 15.9 Å². The van der Waals surface area contributed by atoms with Crippen molar-refractivity contribution in [2.24, 2.45) is 0 Å². The van der Waals surface area contributed by atoms with Gasteiger partial charge < -0.3 is 10.2 Å². The Kier molecular flexibility index (Phi) is 4.77. The zero-order chi connectivity index (χ0) is 19.0. The lowest BCUT2D eigenvalue weighted by molar-refractivity contribution is -0.384. The first-order valence-electron chi connectivity index (χ1n) is 8.83. The van der Waals surface area contributed by atoms with Gasteiger partial charge in [-0.05, 0) is 53.2 Å². The number of carbonyl (C=O) groups is 1. The number of rotatable bonds is 4. The summed E-state index contributed by atoms with van der Waals surface area (Å²) in [6, 6.07) is 4.85. The van der Waals surface area contributed by atoms with Gasteiger partial charge in [0.1, 0.15) is 0 Å². The standard InChI is InChI=1S/C18H18BrN5O3/c19-12-8-20-18(21-9-12)22-13-2-1-3-14(6-13)23-10-11-4-5-15(24(26)27)7-16(11)17(23)25/h4-5,7-9,13-14H,1-3,6,10H2,(H,20,21,22)/t13-,14+/m1/s1. The normalized spacial score (nSPS) is 21.8. The van der Waals surface area contributed by atoms with Gasteiger partial charge in [-0.15, -0.1) is 0 Å². The number of carbonyl (C=O) groups excluding carboxylic acids is 1. The monoisotopic (exact) mass is 431 g/mol. The van der Waals surface area contributed by atoms with Gasteiger partial charge in [-0.25, -0.2) is 9.97 Å². The van der Waals surface area contributed by atoms with E-state index in [9.17, 15) is 14.9 Å². The molecule has 1 aliphatic carbocycles. The summed E-state index contributed by atoms with van der Waals surface area (Å²) < 4.78 is 0.823. The lowest BCUT2D eigenvalue weighted by atomic mass is 9.90. The second kappa shape index (κ2) is 7.22. The number of hydrogen-bond donors (Lipinski definition) is 1. The Morgan fingerprint density at radius 1 is 1.26 bits per heavy atom. The summed E-state index contributed by atoms with van der Waals surface area (Å²) in [7, 11) is 0. The number of nitro benzene ring substituents is 1. The zero-order valence-electron chi connectivity index (χ0n) is 14.5. The van der Waals surface area contributed by atoms with Gasteiger partial charge in [-0.3, -0.25) is 14.9 Å². The largest absolute Gasteiger partial charge is 0.351 e. The molecule has 2 atom stereocenters. The summed E-state index contributed by atoms with van der Waals surface area (Å²) in [6.45, 7) is 0.512. The van der Waals surface area contributed by atoms with Crippen LogP contribution in [-0.4, -0.2) is 37.8 Å². The van der Waals surface area contributed by atoms with E-state index in [1.54, 1.807) is 18.5 Å². The molecule has 4 rings (SSSR count). The Bertz CT molecular complexity index is 889. The Balaban J connectivity index is 1.46. The molecule has 1 aliphatic heterocycles. The molecule has 9 heteroatoms. The van der Waals surface area contributed by atoms with Crippen LogP contribution in [0.1, 0.15) is 41.6 Å².